The highest BCUT2D eigenvalue weighted by atomic mass is 35.5. The molecule has 0 radical (unpaired) electrons. The molecule has 2 N–H and O–H groups in total. The minimum atomic E-state index is -0.237. The maximum absolute atomic E-state index is 12.3. The van der Waals surface area contributed by atoms with Gasteiger partial charge in [0.2, 0.25) is 0 Å². The lowest BCUT2D eigenvalue weighted by Gasteiger charge is -2.10. The van der Waals surface area contributed by atoms with E-state index in [-0.39, 0.29) is 5.91 Å². The number of benzene rings is 3. The van der Waals surface area contributed by atoms with E-state index in [9.17, 15) is 4.79 Å². The van der Waals surface area contributed by atoms with Crippen LogP contribution < -0.4 is 10.6 Å². The molecule has 1 amide bonds. The number of carbonyl (C=O) groups is 1. The second-order valence-corrected chi connectivity index (χ2v) is 6.18. The SMILES string of the molecule is O=C(Nc1ccc(Nc2cccc3occc23)cc1)c1ccccc1Cl. The Morgan fingerprint density at radius 2 is 1.62 bits per heavy atom. The summed E-state index contributed by atoms with van der Waals surface area (Å²) in [5.41, 5.74) is 3.85. The molecule has 1 heterocycles. The predicted octanol–water partition coefficient (Wildman–Crippen LogP) is 6.08. The number of nitrogens with one attached hydrogen (secondary N) is 2. The van der Waals surface area contributed by atoms with Gasteiger partial charge in [0.05, 0.1) is 16.8 Å². The Hall–Kier alpha value is -3.24. The van der Waals surface area contributed by atoms with E-state index >= 15 is 0 Å². The molecular formula is C21H15ClN2O2. The van der Waals surface area contributed by atoms with Gasteiger partial charge < -0.3 is 15.1 Å². The molecule has 0 fully saturated rings. The van der Waals surface area contributed by atoms with Crippen LogP contribution in [-0.2, 0) is 0 Å². The molecule has 0 saturated heterocycles. The van der Waals surface area contributed by atoms with Crippen molar-refractivity contribution in [1.82, 2.24) is 0 Å². The fourth-order valence-electron chi connectivity index (χ4n) is 2.74. The van der Waals surface area contributed by atoms with Crippen LogP contribution >= 0.6 is 11.6 Å². The third-order valence-corrected chi connectivity index (χ3v) is 4.37. The van der Waals surface area contributed by atoms with E-state index in [1.807, 2.05) is 48.5 Å². The van der Waals surface area contributed by atoms with E-state index < -0.39 is 0 Å². The van der Waals surface area contributed by atoms with Crippen molar-refractivity contribution in [3.63, 3.8) is 0 Å². The highest BCUT2D eigenvalue weighted by Crippen LogP contribution is 2.28. The maximum Gasteiger partial charge on any atom is 0.257 e. The number of carbonyl (C=O) groups excluding carboxylic acids is 1. The molecular weight excluding hydrogens is 348 g/mol. The number of anilines is 3. The molecule has 128 valence electrons. The summed E-state index contributed by atoms with van der Waals surface area (Å²) in [5.74, 6) is -0.237. The Labute approximate surface area is 155 Å². The Bertz CT molecular complexity index is 1070. The molecule has 0 atom stereocenters. The Balaban J connectivity index is 1.49. The summed E-state index contributed by atoms with van der Waals surface area (Å²) in [4.78, 5) is 12.3. The summed E-state index contributed by atoms with van der Waals surface area (Å²) in [6.45, 7) is 0. The van der Waals surface area contributed by atoms with Crippen molar-refractivity contribution >= 4 is 45.5 Å². The predicted molar refractivity (Wildman–Crippen MR) is 105 cm³/mol. The first-order valence-corrected chi connectivity index (χ1v) is 8.48. The minimum absolute atomic E-state index is 0.237. The van der Waals surface area contributed by atoms with E-state index in [1.165, 1.54) is 0 Å². The standard InChI is InChI=1S/C21H15ClN2O2/c22-18-5-2-1-4-16(18)21(25)24-15-10-8-14(9-11-15)23-19-6-3-7-20-17(19)12-13-26-20/h1-13,23H,(H,24,25). The van der Waals surface area contributed by atoms with Crippen molar-refractivity contribution in [3.8, 4) is 0 Å². The second-order valence-electron chi connectivity index (χ2n) is 5.77. The van der Waals surface area contributed by atoms with E-state index in [2.05, 4.69) is 10.6 Å². The number of halogens is 1. The molecule has 5 heteroatoms. The molecule has 0 saturated carbocycles. The van der Waals surface area contributed by atoms with Gasteiger partial charge in [-0.2, -0.15) is 0 Å². The van der Waals surface area contributed by atoms with Gasteiger partial charge >= 0.3 is 0 Å². The van der Waals surface area contributed by atoms with Crippen LogP contribution in [0.1, 0.15) is 10.4 Å². The van der Waals surface area contributed by atoms with Gasteiger partial charge in [-0.15, -0.1) is 0 Å². The van der Waals surface area contributed by atoms with Gasteiger partial charge in [0.1, 0.15) is 5.58 Å². The first kappa shape index (κ1) is 16.2. The molecule has 0 bridgehead atoms. The van der Waals surface area contributed by atoms with E-state index in [1.54, 1.807) is 30.5 Å². The molecule has 1 aromatic heterocycles. The van der Waals surface area contributed by atoms with E-state index in [4.69, 9.17) is 16.0 Å². The Morgan fingerprint density at radius 1 is 0.846 bits per heavy atom. The number of furan rings is 1. The minimum Gasteiger partial charge on any atom is -0.464 e. The first-order valence-electron chi connectivity index (χ1n) is 8.10. The molecule has 0 aliphatic rings. The maximum atomic E-state index is 12.3. The smallest absolute Gasteiger partial charge is 0.257 e. The van der Waals surface area contributed by atoms with Gasteiger partial charge in [0.15, 0.2) is 0 Å². The molecule has 0 unspecified atom stereocenters. The van der Waals surface area contributed by atoms with Crippen molar-refractivity contribution < 1.29 is 9.21 Å². The van der Waals surface area contributed by atoms with Crippen LogP contribution in [0.15, 0.2) is 83.5 Å². The van der Waals surface area contributed by atoms with Crippen molar-refractivity contribution in [3.05, 3.63) is 89.6 Å². The molecule has 0 aliphatic heterocycles. The Kier molecular flexibility index (Phi) is 4.33. The number of hydrogen-bond acceptors (Lipinski definition) is 3. The van der Waals surface area contributed by atoms with Crippen LogP contribution in [0.2, 0.25) is 5.02 Å². The molecule has 3 aromatic carbocycles. The zero-order chi connectivity index (χ0) is 17.9. The zero-order valence-corrected chi connectivity index (χ0v) is 14.5. The number of fused-ring (bicyclic) bond motifs is 1. The highest BCUT2D eigenvalue weighted by molar-refractivity contribution is 6.34. The van der Waals surface area contributed by atoms with E-state index in [0.29, 0.717) is 16.3 Å². The van der Waals surface area contributed by atoms with E-state index in [0.717, 1.165) is 22.3 Å². The van der Waals surface area contributed by atoms with Crippen molar-refractivity contribution in [2.24, 2.45) is 0 Å². The molecule has 0 aliphatic carbocycles. The molecule has 0 spiro atoms. The lowest BCUT2D eigenvalue weighted by Crippen LogP contribution is -2.12. The lowest BCUT2D eigenvalue weighted by molar-refractivity contribution is 0.102. The van der Waals surface area contributed by atoms with Gasteiger partial charge in [-0.25, -0.2) is 0 Å². The molecule has 26 heavy (non-hydrogen) atoms. The summed E-state index contributed by atoms with van der Waals surface area (Å²) in [6.07, 6.45) is 1.67. The average Bonchev–Trinajstić information content (AvgIpc) is 3.13. The summed E-state index contributed by atoms with van der Waals surface area (Å²) < 4.78 is 5.41. The number of hydrogen-bond donors (Lipinski definition) is 2. The third kappa shape index (κ3) is 3.27. The average molecular weight is 363 g/mol. The van der Waals surface area contributed by atoms with Crippen LogP contribution in [-0.4, -0.2) is 5.91 Å². The highest BCUT2D eigenvalue weighted by Gasteiger charge is 2.10. The summed E-state index contributed by atoms with van der Waals surface area (Å²) in [6, 6.07) is 22.2. The largest absolute Gasteiger partial charge is 0.464 e. The van der Waals surface area contributed by atoms with Crippen LogP contribution in [0.3, 0.4) is 0 Å². The van der Waals surface area contributed by atoms with Crippen LogP contribution in [0.25, 0.3) is 11.0 Å². The first-order chi connectivity index (χ1) is 12.7. The lowest BCUT2D eigenvalue weighted by atomic mass is 10.2. The van der Waals surface area contributed by atoms with Crippen molar-refractivity contribution in [2.45, 2.75) is 0 Å². The quantitative estimate of drug-likeness (QED) is 0.462. The number of rotatable bonds is 4. The fourth-order valence-corrected chi connectivity index (χ4v) is 2.96. The Morgan fingerprint density at radius 3 is 2.42 bits per heavy atom. The van der Waals surface area contributed by atoms with Crippen LogP contribution in [0.5, 0.6) is 0 Å². The van der Waals surface area contributed by atoms with Crippen molar-refractivity contribution in [2.75, 3.05) is 10.6 Å². The van der Waals surface area contributed by atoms with Gasteiger partial charge in [0, 0.05) is 22.4 Å². The van der Waals surface area contributed by atoms with Crippen LogP contribution in [0, 0.1) is 0 Å². The molecule has 4 rings (SSSR count). The van der Waals surface area contributed by atoms with Crippen molar-refractivity contribution in [1.29, 1.82) is 0 Å². The normalized spacial score (nSPS) is 10.7. The van der Waals surface area contributed by atoms with Crippen LogP contribution in [0.4, 0.5) is 17.1 Å². The third-order valence-electron chi connectivity index (χ3n) is 4.04. The summed E-state index contributed by atoms with van der Waals surface area (Å²) in [7, 11) is 0. The number of amides is 1. The topological polar surface area (TPSA) is 54.3 Å². The van der Waals surface area contributed by atoms with Gasteiger partial charge in [-0.3, -0.25) is 4.79 Å². The fraction of sp³-hybridized carbons (Fsp3) is 0. The van der Waals surface area contributed by atoms with Gasteiger partial charge in [0.25, 0.3) is 5.91 Å². The molecule has 4 nitrogen and oxygen atoms in total. The summed E-state index contributed by atoms with van der Waals surface area (Å²) in [5, 5.41) is 7.65. The monoisotopic (exact) mass is 362 g/mol. The zero-order valence-electron chi connectivity index (χ0n) is 13.7. The van der Waals surface area contributed by atoms with Gasteiger partial charge in [-0.05, 0) is 54.6 Å². The van der Waals surface area contributed by atoms with Gasteiger partial charge in [-0.1, -0.05) is 29.8 Å². The second kappa shape index (κ2) is 6.94. The summed E-state index contributed by atoms with van der Waals surface area (Å²) >= 11 is 6.06. The molecule has 4 aromatic rings.